The van der Waals surface area contributed by atoms with Crippen LogP contribution in [0.5, 0.6) is 5.75 Å². The predicted octanol–water partition coefficient (Wildman–Crippen LogP) is 3.35. The van der Waals surface area contributed by atoms with E-state index >= 15 is 0 Å². The fourth-order valence-electron chi connectivity index (χ4n) is 2.51. The summed E-state index contributed by atoms with van der Waals surface area (Å²) >= 11 is 0. The summed E-state index contributed by atoms with van der Waals surface area (Å²) in [6, 6.07) is 17.8. The molecule has 0 saturated heterocycles. The third-order valence-electron chi connectivity index (χ3n) is 3.91. The van der Waals surface area contributed by atoms with E-state index < -0.39 is 0 Å². The molecule has 0 saturated carbocycles. The molecule has 0 bridgehead atoms. The first kappa shape index (κ1) is 21.7. The van der Waals surface area contributed by atoms with Gasteiger partial charge in [0.15, 0.2) is 11.8 Å². The number of halogens is 1. The van der Waals surface area contributed by atoms with Gasteiger partial charge in [-0.3, -0.25) is 5.10 Å². The van der Waals surface area contributed by atoms with Crippen LogP contribution in [0.15, 0.2) is 59.6 Å². The van der Waals surface area contributed by atoms with Gasteiger partial charge in [0, 0.05) is 12.1 Å². The predicted molar refractivity (Wildman–Crippen MR) is 122 cm³/mol. The molecule has 0 atom stereocenters. The number of nitrogens with one attached hydrogen (secondary N) is 3. The average Bonchev–Trinajstić information content (AvgIpc) is 3.20. The molecule has 1 aromatic heterocycles. The van der Waals surface area contributed by atoms with Crippen molar-refractivity contribution in [2.45, 2.75) is 20.0 Å². The molecule has 0 aliphatic heterocycles. The summed E-state index contributed by atoms with van der Waals surface area (Å²) < 4.78 is 5.17. The second-order valence-electron chi connectivity index (χ2n) is 5.87. The van der Waals surface area contributed by atoms with Gasteiger partial charge in [-0.25, -0.2) is 9.98 Å². The van der Waals surface area contributed by atoms with Crippen molar-refractivity contribution in [2.24, 2.45) is 4.99 Å². The highest BCUT2D eigenvalue weighted by Crippen LogP contribution is 2.18. The second-order valence-corrected chi connectivity index (χ2v) is 5.87. The van der Waals surface area contributed by atoms with E-state index in [1.807, 2.05) is 49.4 Å². The number of H-pyrrole nitrogens is 1. The lowest BCUT2D eigenvalue weighted by Crippen LogP contribution is -2.37. The van der Waals surface area contributed by atoms with Crippen molar-refractivity contribution < 1.29 is 4.74 Å². The van der Waals surface area contributed by atoms with Crippen LogP contribution in [-0.4, -0.2) is 34.8 Å². The summed E-state index contributed by atoms with van der Waals surface area (Å²) in [5.74, 6) is 2.94. The number of rotatable bonds is 7. The summed E-state index contributed by atoms with van der Waals surface area (Å²) in [5.41, 5.74) is 2.10. The number of nitrogens with zero attached hydrogens (tertiary/aromatic N) is 3. The van der Waals surface area contributed by atoms with Crippen LogP contribution in [0.1, 0.15) is 18.3 Å². The Bertz CT molecular complexity index is 864. The molecule has 0 radical (unpaired) electrons. The van der Waals surface area contributed by atoms with Crippen molar-refractivity contribution in [3.05, 3.63) is 66.0 Å². The highest BCUT2D eigenvalue weighted by atomic mass is 127. The average molecular weight is 492 g/mol. The standard InChI is InChI=1S/C20H24N6O.HI/c1-3-21-20(22-13-15-7-5-4-6-8-15)23-14-18-24-19(26-25-18)16-9-11-17(27-2)12-10-16;/h4-12H,3,13-14H2,1-2H3,(H2,21,22,23)(H,24,25,26);1H. The van der Waals surface area contributed by atoms with Crippen LogP contribution < -0.4 is 15.4 Å². The molecule has 3 aromatic rings. The number of methoxy groups -OCH3 is 1. The maximum absolute atomic E-state index is 5.17. The number of benzene rings is 2. The number of aromatic nitrogens is 3. The van der Waals surface area contributed by atoms with Crippen LogP contribution in [-0.2, 0) is 13.1 Å². The summed E-state index contributed by atoms with van der Waals surface area (Å²) in [5, 5.41) is 13.8. The molecule has 3 N–H and O–H groups in total. The molecule has 7 nitrogen and oxygen atoms in total. The molecule has 3 rings (SSSR count). The highest BCUT2D eigenvalue weighted by molar-refractivity contribution is 14.0. The van der Waals surface area contributed by atoms with Gasteiger partial charge in [0.2, 0.25) is 0 Å². The molecular weight excluding hydrogens is 467 g/mol. The normalized spacial score (nSPS) is 10.9. The van der Waals surface area contributed by atoms with Crippen LogP contribution in [0.3, 0.4) is 0 Å². The first-order valence-corrected chi connectivity index (χ1v) is 8.90. The minimum atomic E-state index is 0. The lowest BCUT2D eigenvalue weighted by molar-refractivity contribution is 0.415. The number of hydrogen-bond acceptors (Lipinski definition) is 4. The molecule has 0 fully saturated rings. The van der Waals surface area contributed by atoms with Gasteiger partial charge < -0.3 is 15.4 Å². The van der Waals surface area contributed by atoms with E-state index in [-0.39, 0.29) is 24.0 Å². The maximum atomic E-state index is 5.17. The maximum Gasteiger partial charge on any atom is 0.191 e. The SMILES string of the molecule is CCNC(=NCc1ccccc1)NCc1nc(-c2ccc(OC)cc2)n[nH]1.I. The lowest BCUT2D eigenvalue weighted by Gasteiger charge is -2.09. The molecule has 2 aromatic carbocycles. The van der Waals surface area contributed by atoms with E-state index in [2.05, 4.69) is 42.9 Å². The number of ether oxygens (including phenoxy) is 1. The van der Waals surface area contributed by atoms with Gasteiger partial charge in [-0.2, -0.15) is 5.10 Å². The van der Waals surface area contributed by atoms with E-state index in [9.17, 15) is 0 Å². The Morgan fingerprint density at radius 2 is 1.82 bits per heavy atom. The van der Waals surface area contributed by atoms with Crippen molar-refractivity contribution in [3.8, 4) is 17.1 Å². The first-order valence-electron chi connectivity index (χ1n) is 8.90. The minimum absolute atomic E-state index is 0. The number of aromatic amines is 1. The molecule has 0 amide bonds. The Morgan fingerprint density at radius 1 is 1.07 bits per heavy atom. The monoisotopic (exact) mass is 492 g/mol. The Balaban J connectivity index is 0.00000280. The van der Waals surface area contributed by atoms with E-state index in [0.717, 1.165) is 35.2 Å². The number of guanidine groups is 1. The van der Waals surface area contributed by atoms with Gasteiger partial charge in [0.1, 0.15) is 11.6 Å². The Labute approximate surface area is 182 Å². The van der Waals surface area contributed by atoms with Crippen LogP contribution in [0.2, 0.25) is 0 Å². The number of aliphatic imine (C=N–C) groups is 1. The smallest absolute Gasteiger partial charge is 0.191 e. The number of hydrogen-bond donors (Lipinski definition) is 3. The third-order valence-corrected chi connectivity index (χ3v) is 3.91. The zero-order valence-corrected chi connectivity index (χ0v) is 18.3. The highest BCUT2D eigenvalue weighted by Gasteiger charge is 2.07. The van der Waals surface area contributed by atoms with Gasteiger partial charge in [-0.05, 0) is 36.8 Å². The molecule has 0 spiro atoms. The van der Waals surface area contributed by atoms with Crippen LogP contribution in [0.4, 0.5) is 0 Å². The zero-order valence-electron chi connectivity index (χ0n) is 16.0. The molecular formula is C20H25IN6O. The summed E-state index contributed by atoms with van der Waals surface area (Å²) in [7, 11) is 1.65. The Hall–Kier alpha value is -2.62. The van der Waals surface area contributed by atoms with Crippen LogP contribution in [0, 0.1) is 0 Å². The topological polar surface area (TPSA) is 87.2 Å². The van der Waals surface area contributed by atoms with Crippen molar-refractivity contribution in [2.75, 3.05) is 13.7 Å². The van der Waals surface area contributed by atoms with Gasteiger partial charge in [0.25, 0.3) is 0 Å². The van der Waals surface area contributed by atoms with Gasteiger partial charge >= 0.3 is 0 Å². The molecule has 8 heteroatoms. The summed E-state index contributed by atoms with van der Waals surface area (Å²) in [4.78, 5) is 9.13. The van der Waals surface area contributed by atoms with Crippen molar-refractivity contribution in [3.63, 3.8) is 0 Å². The lowest BCUT2D eigenvalue weighted by atomic mass is 10.2. The van der Waals surface area contributed by atoms with Gasteiger partial charge in [-0.15, -0.1) is 24.0 Å². The minimum Gasteiger partial charge on any atom is -0.497 e. The van der Waals surface area contributed by atoms with Crippen molar-refractivity contribution in [1.29, 1.82) is 0 Å². The fourth-order valence-corrected chi connectivity index (χ4v) is 2.51. The zero-order chi connectivity index (χ0) is 18.9. The van der Waals surface area contributed by atoms with Crippen molar-refractivity contribution >= 4 is 29.9 Å². The van der Waals surface area contributed by atoms with E-state index in [0.29, 0.717) is 18.9 Å². The Morgan fingerprint density at radius 3 is 2.50 bits per heavy atom. The van der Waals surface area contributed by atoms with Crippen molar-refractivity contribution in [1.82, 2.24) is 25.8 Å². The summed E-state index contributed by atoms with van der Waals surface area (Å²) in [6.45, 7) is 3.94. The molecule has 28 heavy (non-hydrogen) atoms. The first-order chi connectivity index (χ1) is 13.3. The summed E-state index contributed by atoms with van der Waals surface area (Å²) in [6.07, 6.45) is 0. The Kier molecular flexibility index (Phi) is 8.73. The van der Waals surface area contributed by atoms with Crippen LogP contribution >= 0.6 is 24.0 Å². The molecule has 0 aliphatic carbocycles. The van der Waals surface area contributed by atoms with Gasteiger partial charge in [-0.1, -0.05) is 30.3 Å². The second kappa shape index (κ2) is 11.3. The molecule has 0 aliphatic rings. The quantitative estimate of drug-likeness (QED) is 0.268. The van der Waals surface area contributed by atoms with Crippen LogP contribution in [0.25, 0.3) is 11.4 Å². The molecule has 148 valence electrons. The largest absolute Gasteiger partial charge is 0.497 e. The molecule has 1 heterocycles. The molecule has 0 unspecified atom stereocenters. The fraction of sp³-hybridized carbons (Fsp3) is 0.250. The van der Waals surface area contributed by atoms with E-state index in [4.69, 9.17) is 4.74 Å². The van der Waals surface area contributed by atoms with E-state index in [1.54, 1.807) is 7.11 Å². The van der Waals surface area contributed by atoms with Gasteiger partial charge in [0.05, 0.1) is 20.2 Å². The van der Waals surface area contributed by atoms with E-state index in [1.165, 1.54) is 0 Å². The third kappa shape index (κ3) is 6.22.